The Morgan fingerprint density at radius 2 is 1.65 bits per heavy atom. The van der Waals surface area contributed by atoms with Crippen LogP contribution in [0.15, 0.2) is 54.6 Å². The number of nitrogens with two attached hydrogens (primary N) is 1. The molecule has 1 saturated heterocycles. The van der Waals surface area contributed by atoms with Gasteiger partial charge in [0.2, 0.25) is 5.91 Å². The van der Waals surface area contributed by atoms with Gasteiger partial charge in [-0.2, -0.15) is 8.78 Å². The summed E-state index contributed by atoms with van der Waals surface area (Å²) in [6, 6.07) is 11.9. The summed E-state index contributed by atoms with van der Waals surface area (Å²) in [5.41, 5.74) is 4.75. The second kappa shape index (κ2) is 10.4. The maximum absolute atomic E-state index is 15.2. The molecule has 0 saturated carbocycles. The van der Waals surface area contributed by atoms with Gasteiger partial charge in [-0.3, -0.25) is 4.79 Å². The highest BCUT2D eigenvalue weighted by Gasteiger charge is 2.45. The highest BCUT2D eigenvalue weighted by Crippen LogP contribution is 2.35. The fourth-order valence-electron chi connectivity index (χ4n) is 3.64. The highest BCUT2D eigenvalue weighted by molar-refractivity contribution is 5.83. The van der Waals surface area contributed by atoms with Gasteiger partial charge >= 0.3 is 6.09 Å². The van der Waals surface area contributed by atoms with Crippen LogP contribution in [0.25, 0.3) is 0 Å². The fourth-order valence-corrected chi connectivity index (χ4v) is 3.64. The molecule has 0 bridgehead atoms. The number of nitrogens with zero attached hydrogens (tertiary/aromatic N) is 1. The fraction of sp³-hybridized carbons (Fsp3) is 0.440. The molecule has 3 rings (SSSR count). The Bertz CT molecular complexity index is 987. The third-order valence-corrected chi connectivity index (χ3v) is 5.38. The second-order valence-electron chi connectivity index (χ2n) is 9.29. The smallest absolute Gasteiger partial charge is 0.407 e. The van der Waals surface area contributed by atoms with Crippen LogP contribution in [-0.2, 0) is 15.5 Å². The van der Waals surface area contributed by atoms with Crippen LogP contribution in [0, 0.1) is 0 Å². The maximum atomic E-state index is 15.2. The molecule has 3 N–H and O–H groups in total. The molecule has 1 aliphatic heterocycles. The first-order valence-electron chi connectivity index (χ1n) is 11.2. The number of rotatable bonds is 6. The summed E-state index contributed by atoms with van der Waals surface area (Å²) >= 11 is 0. The third kappa shape index (κ3) is 6.66. The SMILES string of the molecule is CC(C)(C)OC(=O)NC1CCN(C(=O)C(N)C(F)(F)c2cccc(Oc3ccccc3)c2)CC1. The standard InChI is InChI=1S/C25H31F2N3O4/c1-24(2,3)34-23(32)29-18-12-14-30(15-13-18)22(31)21(28)25(26,27)17-8-7-11-20(16-17)33-19-9-5-4-6-10-19/h4-11,16,18,21H,12-15,28H2,1-3H3,(H,29,32). The van der Waals surface area contributed by atoms with Crippen molar-refractivity contribution in [3.05, 3.63) is 60.2 Å². The molecular weight excluding hydrogens is 444 g/mol. The van der Waals surface area contributed by atoms with Crippen LogP contribution >= 0.6 is 0 Å². The minimum absolute atomic E-state index is 0.206. The Labute approximate surface area is 198 Å². The summed E-state index contributed by atoms with van der Waals surface area (Å²) in [4.78, 5) is 26.0. The number of alkyl halides is 2. The van der Waals surface area contributed by atoms with Crippen LogP contribution in [0.2, 0.25) is 0 Å². The van der Waals surface area contributed by atoms with Gasteiger partial charge in [0.1, 0.15) is 17.1 Å². The molecule has 0 radical (unpaired) electrons. The zero-order chi connectivity index (χ0) is 24.9. The number of piperidine rings is 1. The molecule has 1 unspecified atom stereocenters. The number of halogens is 2. The van der Waals surface area contributed by atoms with Crippen LogP contribution in [0.3, 0.4) is 0 Å². The number of nitrogens with one attached hydrogen (secondary N) is 1. The number of carbonyl (C=O) groups excluding carboxylic acids is 2. The molecular formula is C25H31F2N3O4. The van der Waals surface area contributed by atoms with Gasteiger partial charge in [-0.15, -0.1) is 0 Å². The summed E-state index contributed by atoms with van der Waals surface area (Å²) in [7, 11) is 0. The molecule has 184 valence electrons. The number of ether oxygens (including phenoxy) is 2. The molecule has 1 aliphatic rings. The lowest BCUT2D eigenvalue weighted by molar-refractivity contribution is -0.144. The molecule has 2 amide bonds. The normalized spacial score (nSPS) is 16.0. The van der Waals surface area contributed by atoms with E-state index in [9.17, 15) is 9.59 Å². The Balaban J connectivity index is 1.60. The first-order valence-corrected chi connectivity index (χ1v) is 11.2. The number of alkyl carbamates (subject to hydrolysis) is 1. The molecule has 0 spiro atoms. The number of hydrogen-bond acceptors (Lipinski definition) is 5. The number of para-hydroxylation sites is 1. The van der Waals surface area contributed by atoms with E-state index in [-0.39, 0.29) is 24.9 Å². The van der Waals surface area contributed by atoms with E-state index in [1.54, 1.807) is 51.1 Å². The van der Waals surface area contributed by atoms with Crippen molar-refractivity contribution >= 4 is 12.0 Å². The molecule has 34 heavy (non-hydrogen) atoms. The molecule has 1 fully saturated rings. The van der Waals surface area contributed by atoms with Crippen LogP contribution < -0.4 is 15.8 Å². The van der Waals surface area contributed by atoms with Crippen LogP contribution in [0.4, 0.5) is 13.6 Å². The molecule has 0 aromatic heterocycles. The Morgan fingerprint density at radius 1 is 1.03 bits per heavy atom. The van der Waals surface area contributed by atoms with Gasteiger partial charge in [0.25, 0.3) is 5.92 Å². The third-order valence-electron chi connectivity index (χ3n) is 5.38. The Hall–Kier alpha value is -3.20. The zero-order valence-corrected chi connectivity index (χ0v) is 19.6. The van der Waals surface area contributed by atoms with Crippen molar-refractivity contribution < 1.29 is 27.8 Å². The topological polar surface area (TPSA) is 93.9 Å². The second-order valence-corrected chi connectivity index (χ2v) is 9.29. The van der Waals surface area contributed by atoms with E-state index in [2.05, 4.69) is 5.32 Å². The molecule has 1 atom stereocenters. The number of hydrogen-bond donors (Lipinski definition) is 2. The van der Waals surface area contributed by atoms with Crippen LogP contribution in [0.1, 0.15) is 39.2 Å². The number of amides is 2. The highest BCUT2D eigenvalue weighted by atomic mass is 19.3. The molecule has 0 aliphatic carbocycles. The van der Waals surface area contributed by atoms with Crippen molar-refractivity contribution in [3.63, 3.8) is 0 Å². The lowest BCUT2D eigenvalue weighted by Crippen LogP contribution is -2.55. The summed E-state index contributed by atoms with van der Waals surface area (Å²) in [5, 5.41) is 2.75. The number of carbonyl (C=O) groups is 2. The van der Waals surface area contributed by atoms with E-state index in [1.165, 1.54) is 23.1 Å². The van der Waals surface area contributed by atoms with Crippen molar-refractivity contribution in [1.82, 2.24) is 10.2 Å². The molecule has 7 nitrogen and oxygen atoms in total. The van der Waals surface area contributed by atoms with Crippen molar-refractivity contribution in [3.8, 4) is 11.5 Å². The van der Waals surface area contributed by atoms with Gasteiger partial charge in [0.05, 0.1) is 0 Å². The lowest BCUT2D eigenvalue weighted by atomic mass is 9.98. The van der Waals surface area contributed by atoms with Gasteiger partial charge in [-0.05, 0) is 57.9 Å². The van der Waals surface area contributed by atoms with E-state index < -0.39 is 35.1 Å². The Kier molecular flexibility index (Phi) is 7.76. The van der Waals surface area contributed by atoms with E-state index in [1.807, 2.05) is 6.07 Å². The maximum Gasteiger partial charge on any atom is 0.407 e. The molecule has 2 aromatic rings. The zero-order valence-electron chi connectivity index (χ0n) is 19.6. The predicted molar refractivity (Wildman–Crippen MR) is 124 cm³/mol. The van der Waals surface area contributed by atoms with Crippen molar-refractivity contribution in [2.75, 3.05) is 13.1 Å². The van der Waals surface area contributed by atoms with Gasteiger partial charge in [-0.1, -0.05) is 30.3 Å². The summed E-state index contributed by atoms with van der Waals surface area (Å²) < 4.78 is 41.2. The first-order chi connectivity index (χ1) is 16.0. The predicted octanol–water partition coefficient (Wildman–Crippen LogP) is 4.41. The van der Waals surface area contributed by atoms with E-state index >= 15 is 8.78 Å². The lowest BCUT2D eigenvalue weighted by Gasteiger charge is -2.35. The summed E-state index contributed by atoms with van der Waals surface area (Å²) in [6.45, 7) is 5.71. The first kappa shape index (κ1) is 25.4. The minimum atomic E-state index is -3.60. The van der Waals surface area contributed by atoms with Gasteiger partial charge < -0.3 is 25.4 Å². The molecule has 9 heteroatoms. The van der Waals surface area contributed by atoms with Crippen molar-refractivity contribution in [2.24, 2.45) is 5.73 Å². The Morgan fingerprint density at radius 3 is 2.26 bits per heavy atom. The van der Waals surface area contributed by atoms with Gasteiger partial charge in [0, 0.05) is 24.7 Å². The quantitative estimate of drug-likeness (QED) is 0.645. The van der Waals surface area contributed by atoms with E-state index in [0.29, 0.717) is 18.6 Å². The van der Waals surface area contributed by atoms with E-state index in [4.69, 9.17) is 15.2 Å². The van der Waals surface area contributed by atoms with Gasteiger partial charge in [-0.25, -0.2) is 4.79 Å². The van der Waals surface area contributed by atoms with E-state index in [0.717, 1.165) is 0 Å². The van der Waals surface area contributed by atoms with Crippen LogP contribution in [-0.4, -0.2) is 47.7 Å². The molecule has 2 aromatic carbocycles. The summed E-state index contributed by atoms with van der Waals surface area (Å²) in [5.74, 6) is -3.71. The van der Waals surface area contributed by atoms with Crippen molar-refractivity contribution in [1.29, 1.82) is 0 Å². The monoisotopic (exact) mass is 475 g/mol. The average molecular weight is 476 g/mol. The van der Waals surface area contributed by atoms with Crippen molar-refractivity contribution in [2.45, 2.75) is 57.2 Å². The number of likely N-dealkylation sites (tertiary alicyclic amines) is 1. The minimum Gasteiger partial charge on any atom is -0.457 e. The molecule has 1 heterocycles. The number of benzene rings is 2. The average Bonchev–Trinajstić information content (AvgIpc) is 2.78. The summed E-state index contributed by atoms with van der Waals surface area (Å²) in [6.07, 6.45) is 0.297. The largest absolute Gasteiger partial charge is 0.457 e. The van der Waals surface area contributed by atoms with Gasteiger partial charge in [0.15, 0.2) is 6.04 Å². The van der Waals surface area contributed by atoms with Crippen LogP contribution in [0.5, 0.6) is 11.5 Å².